The van der Waals surface area contributed by atoms with Gasteiger partial charge in [0, 0.05) is 40.3 Å². The molecular weight excluding hydrogens is 330 g/mol. The van der Waals surface area contributed by atoms with Crippen molar-refractivity contribution in [2.24, 2.45) is 14.1 Å². The monoisotopic (exact) mass is 353 g/mol. The van der Waals surface area contributed by atoms with E-state index in [1.54, 1.807) is 0 Å². The van der Waals surface area contributed by atoms with E-state index in [1.165, 1.54) is 21.2 Å². The van der Waals surface area contributed by atoms with E-state index in [-0.39, 0.29) is 30.4 Å². The van der Waals surface area contributed by atoms with Crippen LogP contribution < -0.4 is 17.0 Å². The van der Waals surface area contributed by atoms with Crippen LogP contribution in [0.2, 0.25) is 0 Å². The van der Waals surface area contributed by atoms with E-state index >= 15 is 0 Å². The summed E-state index contributed by atoms with van der Waals surface area (Å²) in [7, 11) is 4.07. The van der Waals surface area contributed by atoms with Gasteiger partial charge in [0.15, 0.2) is 5.78 Å². The van der Waals surface area contributed by atoms with Crippen molar-refractivity contribution in [3.8, 4) is 0 Å². The molecule has 10 nitrogen and oxygen atoms in total. The summed E-state index contributed by atoms with van der Waals surface area (Å²) in [6.07, 6.45) is 0. The fourth-order valence-corrected chi connectivity index (χ4v) is 2.76. The van der Waals surface area contributed by atoms with Crippen LogP contribution in [0.1, 0.15) is 10.4 Å². The van der Waals surface area contributed by atoms with Crippen LogP contribution in [0.3, 0.4) is 0 Å². The zero-order chi connectivity index (χ0) is 18.7. The van der Waals surface area contributed by atoms with Gasteiger partial charge in [-0.25, -0.2) is 4.79 Å². The molecular formula is C15H23N5O5. The molecule has 1 saturated heterocycles. The van der Waals surface area contributed by atoms with Crippen molar-refractivity contribution in [1.82, 2.24) is 18.9 Å². The van der Waals surface area contributed by atoms with E-state index in [0.29, 0.717) is 26.2 Å². The van der Waals surface area contributed by atoms with Crippen LogP contribution in [0.15, 0.2) is 9.59 Å². The number of rotatable bonds is 5. The highest BCUT2D eigenvalue weighted by Crippen LogP contribution is 2.07. The maximum atomic E-state index is 12.5. The molecule has 0 bridgehead atoms. The topological polar surface area (TPSA) is 120 Å². The van der Waals surface area contributed by atoms with Crippen molar-refractivity contribution in [3.05, 3.63) is 26.4 Å². The van der Waals surface area contributed by atoms with Gasteiger partial charge < -0.3 is 10.5 Å². The van der Waals surface area contributed by atoms with Gasteiger partial charge in [-0.1, -0.05) is 0 Å². The van der Waals surface area contributed by atoms with Gasteiger partial charge in [0.25, 0.3) is 5.56 Å². The minimum atomic E-state index is -0.685. The molecule has 1 aromatic heterocycles. The van der Waals surface area contributed by atoms with Crippen molar-refractivity contribution >= 4 is 17.6 Å². The number of nitrogens with zero attached hydrogens (tertiary/aromatic N) is 4. The molecule has 1 aromatic rings. The summed E-state index contributed by atoms with van der Waals surface area (Å²) in [5, 5.41) is 0. The molecule has 0 amide bonds. The number of ether oxygens (including phenoxy) is 1. The molecule has 0 atom stereocenters. The first-order valence-corrected chi connectivity index (χ1v) is 7.86. The number of piperazine rings is 1. The molecule has 2 N–H and O–H groups in total. The second-order valence-electron chi connectivity index (χ2n) is 6.02. The van der Waals surface area contributed by atoms with Crippen molar-refractivity contribution in [2.45, 2.75) is 0 Å². The molecule has 10 heteroatoms. The standard InChI is InChI=1S/C15H23N5O5/c1-17-13(16)12(14(23)18(2)15(17)24)10(21)8-19-4-6-20(7-5-19)9-11(22)25-3/h4-9,16H2,1-3H3. The lowest BCUT2D eigenvalue weighted by molar-refractivity contribution is -0.142. The molecule has 25 heavy (non-hydrogen) atoms. The second kappa shape index (κ2) is 7.62. The lowest BCUT2D eigenvalue weighted by Gasteiger charge is -2.33. The lowest BCUT2D eigenvalue weighted by Crippen LogP contribution is -2.50. The number of methoxy groups -OCH3 is 1. The summed E-state index contributed by atoms with van der Waals surface area (Å²) in [5.41, 5.74) is 4.38. The smallest absolute Gasteiger partial charge is 0.332 e. The summed E-state index contributed by atoms with van der Waals surface area (Å²) in [6, 6.07) is 0. The van der Waals surface area contributed by atoms with Gasteiger partial charge in [-0.3, -0.25) is 33.3 Å². The second-order valence-corrected chi connectivity index (χ2v) is 6.02. The number of hydrogen-bond donors (Lipinski definition) is 1. The Hall–Kier alpha value is -2.46. The maximum Gasteiger partial charge on any atom is 0.332 e. The molecule has 0 aromatic carbocycles. The molecule has 2 heterocycles. The number of Topliss-reactive ketones (excluding diaryl/α,β-unsaturated/α-hetero) is 1. The Morgan fingerprint density at radius 3 is 2.04 bits per heavy atom. The maximum absolute atomic E-state index is 12.5. The highest BCUT2D eigenvalue weighted by atomic mass is 16.5. The first kappa shape index (κ1) is 18.9. The zero-order valence-corrected chi connectivity index (χ0v) is 14.7. The van der Waals surface area contributed by atoms with E-state index in [0.717, 1.165) is 9.13 Å². The fraction of sp³-hybridized carbons (Fsp3) is 0.600. The van der Waals surface area contributed by atoms with Crippen molar-refractivity contribution < 1.29 is 14.3 Å². The number of esters is 1. The molecule has 0 unspecified atom stereocenters. The van der Waals surface area contributed by atoms with Crippen LogP contribution in [-0.4, -0.2) is 77.1 Å². The van der Waals surface area contributed by atoms with Gasteiger partial charge in [-0.15, -0.1) is 0 Å². The van der Waals surface area contributed by atoms with E-state index < -0.39 is 17.0 Å². The average molecular weight is 353 g/mol. The minimum absolute atomic E-state index is 0.0315. The Kier molecular flexibility index (Phi) is 5.75. The van der Waals surface area contributed by atoms with E-state index in [2.05, 4.69) is 4.74 Å². The number of nitrogens with two attached hydrogens (primary N) is 1. The van der Waals surface area contributed by atoms with Gasteiger partial charge in [0.05, 0.1) is 20.2 Å². The molecule has 138 valence electrons. The van der Waals surface area contributed by atoms with Crippen LogP contribution in [0.4, 0.5) is 5.82 Å². The highest BCUT2D eigenvalue weighted by Gasteiger charge is 2.25. The van der Waals surface area contributed by atoms with E-state index in [9.17, 15) is 19.2 Å². The molecule has 1 fully saturated rings. The van der Waals surface area contributed by atoms with E-state index in [1.807, 2.05) is 9.80 Å². The Balaban J connectivity index is 2.06. The third-order valence-electron chi connectivity index (χ3n) is 4.40. The number of anilines is 1. The summed E-state index contributed by atoms with van der Waals surface area (Å²) in [6.45, 7) is 2.63. The number of aromatic nitrogens is 2. The Labute approximate surface area is 144 Å². The molecule has 0 spiro atoms. The Morgan fingerprint density at radius 1 is 1.00 bits per heavy atom. The fourth-order valence-electron chi connectivity index (χ4n) is 2.76. The third-order valence-corrected chi connectivity index (χ3v) is 4.40. The summed E-state index contributed by atoms with van der Waals surface area (Å²) < 4.78 is 6.59. The summed E-state index contributed by atoms with van der Waals surface area (Å²) in [5.74, 6) is -0.844. The summed E-state index contributed by atoms with van der Waals surface area (Å²) in [4.78, 5) is 51.7. The molecule has 2 rings (SSSR count). The van der Waals surface area contributed by atoms with Gasteiger partial charge >= 0.3 is 11.7 Å². The number of ketones is 1. The molecule has 1 aliphatic heterocycles. The molecule has 0 radical (unpaired) electrons. The van der Waals surface area contributed by atoms with Crippen molar-refractivity contribution in [2.75, 3.05) is 52.1 Å². The number of hydrogen-bond acceptors (Lipinski definition) is 8. The SMILES string of the molecule is COC(=O)CN1CCN(CC(=O)c2c(N)n(C)c(=O)n(C)c2=O)CC1. The summed E-state index contributed by atoms with van der Waals surface area (Å²) >= 11 is 0. The predicted octanol–water partition coefficient (Wildman–Crippen LogP) is -2.36. The molecule has 0 saturated carbocycles. The first-order valence-electron chi connectivity index (χ1n) is 7.86. The number of carbonyl (C=O) groups excluding carboxylic acids is 2. The van der Waals surface area contributed by atoms with Gasteiger partial charge in [-0.05, 0) is 0 Å². The van der Waals surface area contributed by atoms with Crippen LogP contribution in [0.25, 0.3) is 0 Å². The largest absolute Gasteiger partial charge is 0.468 e. The molecule has 0 aliphatic carbocycles. The third kappa shape index (κ3) is 3.97. The normalized spacial score (nSPS) is 16.0. The van der Waals surface area contributed by atoms with Crippen LogP contribution >= 0.6 is 0 Å². The van der Waals surface area contributed by atoms with E-state index in [4.69, 9.17) is 5.73 Å². The van der Waals surface area contributed by atoms with Gasteiger partial charge in [0.2, 0.25) is 0 Å². The van der Waals surface area contributed by atoms with Crippen LogP contribution in [0.5, 0.6) is 0 Å². The van der Waals surface area contributed by atoms with Crippen molar-refractivity contribution in [3.63, 3.8) is 0 Å². The quantitative estimate of drug-likeness (QED) is 0.461. The van der Waals surface area contributed by atoms with Crippen LogP contribution in [0, 0.1) is 0 Å². The average Bonchev–Trinajstić information content (AvgIpc) is 2.60. The number of carbonyl (C=O) groups is 2. The Bertz CT molecular complexity index is 789. The first-order chi connectivity index (χ1) is 11.8. The van der Waals surface area contributed by atoms with Crippen LogP contribution in [-0.2, 0) is 23.6 Å². The molecule has 1 aliphatic rings. The highest BCUT2D eigenvalue weighted by molar-refractivity contribution is 6.01. The van der Waals surface area contributed by atoms with Gasteiger partial charge in [-0.2, -0.15) is 0 Å². The van der Waals surface area contributed by atoms with Crippen molar-refractivity contribution in [1.29, 1.82) is 0 Å². The van der Waals surface area contributed by atoms with Gasteiger partial charge in [0.1, 0.15) is 11.4 Å². The lowest BCUT2D eigenvalue weighted by atomic mass is 10.1. The predicted molar refractivity (Wildman–Crippen MR) is 90.6 cm³/mol. The zero-order valence-electron chi connectivity index (χ0n) is 14.7. The number of nitrogen functional groups attached to an aromatic ring is 1. The minimum Gasteiger partial charge on any atom is -0.468 e. The Morgan fingerprint density at radius 2 is 1.52 bits per heavy atom.